The number of halogens is 1. The van der Waals surface area contributed by atoms with Gasteiger partial charge in [0.2, 0.25) is 0 Å². The lowest BCUT2D eigenvalue weighted by molar-refractivity contribution is 0.0598. The second-order valence-corrected chi connectivity index (χ2v) is 9.45. The van der Waals surface area contributed by atoms with Crippen LogP contribution in [-0.2, 0) is 11.3 Å². The smallest absolute Gasteiger partial charge is 0.341 e. The highest BCUT2D eigenvalue weighted by atomic mass is 35.5. The summed E-state index contributed by atoms with van der Waals surface area (Å²) in [5.74, 6) is 0.755. The molecule has 37 heavy (non-hydrogen) atoms. The number of carbonyl (C=O) groups is 1. The highest BCUT2D eigenvalue weighted by Gasteiger charge is 2.21. The number of rotatable bonds is 7. The third-order valence-corrected chi connectivity index (χ3v) is 6.90. The van der Waals surface area contributed by atoms with Crippen LogP contribution in [0.15, 0.2) is 97.1 Å². The standard InChI is InChI=1S/C31H29ClN2O3/c1-36-31(35)29-16-15-26(21-30(29)37-27-8-3-2-4-9-27)34-19-17-33(18-20-34)22-24-7-5-6-10-28(24)23-11-13-25(32)14-12-23/h2-16,21H,17-20,22H2,1H3. The number of benzene rings is 4. The monoisotopic (exact) mass is 512 g/mol. The first kappa shape index (κ1) is 24.9. The van der Waals surface area contributed by atoms with Crippen LogP contribution in [0.2, 0.25) is 5.02 Å². The summed E-state index contributed by atoms with van der Waals surface area (Å²) in [7, 11) is 1.38. The fraction of sp³-hybridized carbons (Fsp3) is 0.194. The fourth-order valence-corrected chi connectivity index (χ4v) is 4.79. The molecule has 5 rings (SSSR count). The van der Waals surface area contributed by atoms with Gasteiger partial charge >= 0.3 is 5.97 Å². The number of hydrogen-bond acceptors (Lipinski definition) is 5. The average molecular weight is 513 g/mol. The van der Waals surface area contributed by atoms with Crippen molar-refractivity contribution in [3.05, 3.63) is 113 Å². The maximum atomic E-state index is 12.3. The van der Waals surface area contributed by atoms with E-state index in [2.05, 4.69) is 46.2 Å². The molecule has 1 heterocycles. The highest BCUT2D eigenvalue weighted by Crippen LogP contribution is 2.32. The molecule has 0 aromatic heterocycles. The Labute approximate surface area is 222 Å². The van der Waals surface area contributed by atoms with Crippen molar-refractivity contribution < 1.29 is 14.3 Å². The molecular weight excluding hydrogens is 484 g/mol. The SMILES string of the molecule is COC(=O)c1ccc(N2CCN(Cc3ccccc3-c3ccc(Cl)cc3)CC2)cc1Oc1ccccc1. The minimum Gasteiger partial charge on any atom is -0.465 e. The lowest BCUT2D eigenvalue weighted by Crippen LogP contribution is -2.46. The molecule has 1 fully saturated rings. The van der Waals surface area contributed by atoms with Gasteiger partial charge in [-0.05, 0) is 53.1 Å². The molecule has 0 amide bonds. The van der Waals surface area contributed by atoms with Gasteiger partial charge in [-0.3, -0.25) is 4.90 Å². The zero-order valence-corrected chi connectivity index (χ0v) is 21.5. The minimum absolute atomic E-state index is 0.410. The second-order valence-electron chi connectivity index (χ2n) is 9.01. The number of methoxy groups -OCH3 is 1. The Morgan fingerprint density at radius 1 is 0.838 bits per heavy atom. The van der Waals surface area contributed by atoms with Crippen LogP contribution >= 0.6 is 11.6 Å². The molecule has 5 nitrogen and oxygen atoms in total. The number of carbonyl (C=O) groups excluding carboxylic acids is 1. The van der Waals surface area contributed by atoms with Gasteiger partial charge in [0.1, 0.15) is 17.1 Å². The summed E-state index contributed by atoms with van der Waals surface area (Å²) in [6, 6.07) is 31.7. The third kappa shape index (κ3) is 5.96. The maximum absolute atomic E-state index is 12.3. The molecule has 0 unspecified atom stereocenters. The third-order valence-electron chi connectivity index (χ3n) is 6.65. The molecule has 4 aromatic carbocycles. The van der Waals surface area contributed by atoms with Crippen LogP contribution in [0.1, 0.15) is 15.9 Å². The van der Waals surface area contributed by atoms with Crippen LogP contribution in [-0.4, -0.2) is 44.2 Å². The summed E-state index contributed by atoms with van der Waals surface area (Å²) in [5.41, 5.74) is 5.16. The van der Waals surface area contributed by atoms with Crippen molar-refractivity contribution in [1.82, 2.24) is 4.90 Å². The van der Waals surface area contributed by atoms with E-state index < -0.39 is 5.97 Å². The first-order chi connectivity index (χ1) is 18.1. The van der Waals surface area contributed by atoms with Gasteiger partial charge in [0, 0.05) is 49.5 Å². The van der Waals surface area contributed by atoms with Crippen LogP contribution in [0, 0.1) is 0 Å². The first-order valence-corrected chi connectivity index (χ1v) is 12.7. The van der Waals surface area contributed by atoms with E-state index in [4.69, 9.17) is 21.1 Å². The minimum atomic E-state index is -0.415. The number of ether oxygens (including phenoxy) is 2. The molecule has 0 bridgehead atoms. The Bertz CT molecular complexity index is 1350. The number of hydrogen-bond donors (Lipinski definition) is 0. The molecule has 6 heteroatoms. The summed E-state index contributed by atoms with van der Waals surface area (Å²) < 4.78 is 11.1. The Balaban J connectivity index is 1.29. The van der Waals surface area contributed by atoms with E-state index in [-0.39, 0.29) is 0 Å². The lowest BCUT2D eigenvalue weighted by Gasteiger charge is -2.36. The molecule has 0 spiro atoms. The van der Waals surface area contributed by atoms with Crippen LogP contribution < -0.4 is 9.64 Å². The summed E-state index contributed by atoms with van der Waals surface area (Å²) in [6.07, 6.45) is 0. The topological polar surface area (TPSA) is 42.0 Å². The number of para-hydroxylation sites is 1. The van der Waals surface area contributed by atoms with E-state index in [1.807, 2.05) is 54.6 Å². The molecule has 1 aliphatic heterocycles. The molecule has 1 aliphatic rings. The summed E-state index contributed by atoms with van der Waals surface area (Å²) in [4.78, 5) is 17.2. The van der Waals surface area contributed by atoms with E-state index >= 15 is 0 Å². The molecule has 0 saturated carbocycles. The van der Waals surface area contributed by atoms with Gasteiger partial charge < -0.3 is 14.4 Å². The van der Waals surface area contributed by atoms with E-state index in [9.17, 15) is 4.79 Å². The van der Waals surface area contributed by atoms with E-state index in [1.165, 1.54) is 23.8 Å². The van der Waals surface area contributed by atoms with Crippen molar-refractivity contribution >= 4 is 23.3 Å². The number of piperazine rings is 1. The van der Waals surface area contributed by atoms with Crippen LogP contribution in [0.5, 0.6) is 11.5 Å². The molecule has 0 atom stereocenters. The molecular formula is C31H29ClN2O3. The number of esters is 1. The molecule has 4 aromatic rings. The summed E-state index contributed by atoms with van der Waals surface area (Å²) in [5, 5.41) is 0.745. The highest BCUT2D eigenvalue weighted by molar-refractivity contribution is 6.30. The van der Waals surface area contributed by atoms with Gasteiger partial charge in [0.05, 0.1) is 7.11 Å². The maximum Gasteiger partial charge on any atom is 0.341 e. The lowest BCUT2D eigenvalue weighted by atomic mass is 9.99. The first-order valence-electron chi connectivity index (χ1n) is 12.4. The fourth-order valence-electron chi connectivity index (χ4n) is 4.66. The summed E-state index contributed by atoms with van der Waals surface area (Å²) >= 11 is 6.10. The van der Waals surface area contributed by atoms with Crippen LogP contribution in [0.25, 0.3) is 11.1 Å². The normalized spacial score (nSPS) is 13.8. The zero-order chi connectivity index (χ0) is 25.6. The van der Waals surface area contributed by atoms with Crippen molar-refractivity contribution in [2.24, 2.45) is 0 Å². The molecule has 188 valence electrons. The van der Waals surface area contributed by atoms with E-state index in [1.54, 1.807) is 6.07 Å². The molecule has 0 radical (unpaired) electrons. The van der Waals surface area contributed by atoms with E-state index in [0.717, 1.165) is 43.4 Å². The van der Waals surface area contributed by atoms with Gasteiger partial charge in [0.15, 0.2) is 0 Å². The second kappa shape index (κ2) is 11.5. The Morgan fingerprint density at radius 3 is 2.27 bits per heavy atom. The van der Waals surface area contributed by atoms with Gasteiger partial charge in [-0.1, -0.05) is 66.2 Å². The molecule has 0 aliphatic carbocycles. The van der Waals surface area contributed by atoms with Crippen molar-refractivity contribution in [3.63, 3.8) is 0 Å². The summed E-state index contributed by atoms with van der Waals surface area (Å²) in [6.45, 7) is 4.51. The van der Waals surface area contributed by atoms with Gasteiger partial charge in [-0.2, -0.15) is 0 Å². The van der Waals surface area contributed by atoms with Gasteiger partial charge in [-0.15, -0.1) is 0 Å². The largest absolute Gasteiger partial charge is 0.465 e. The van der Waals surface area contributed by atoms with Gasteiger partial charge in [-0.25, -0.2) is 4.79 Å². The van der Waals surface area contributed by atoms with Crippen molar-refractivity contribution in [3.8, 4) is 22.6 Å². The van der Waals surface area contributed by atoms with E-state index in [0.29, 0.717) is 17.1 Å². The quantitative estimate of drug-likeness (QED) is 0.252. The molecule has 0 N–H and O–H groups in total. The average Bonchev–Trinajstić information content (AvgIpc) is 2.94. The van der Waals surface area contributed by atoms with Crippen molar-refractivity contribution in [2.75, 3.05) is 38.2 Å². The number of nitrogens with zero attached hydrogens (tertiary/aromatic N) is 2. The Hall–Kier alpha value is -3.80. The van der Waals surface area contributed by atoms with Crippen molar-refractivity contribution in [2.45, 2.75) is 6.54 Å². The van der Waals surface area contributed by atoms with Crippen molar-refractivity contribution in [1.29, 1.82) is 0 Å². The van der Waals surface area contributed by atoms with Gasteiger partial charge in [0.25, 0.3) is 0 Å². The predicted octanol–water partition coefficient (Wildman–Crippen LogP) is 6.91. The number of anilines is 1. The Kier molecular flexibility index (Phi) is 7.73. The Morgan fingerprint density at radius 2 is 1.54 bits per heavy atom. The van der Waals surface area contributed by atoms with Crippen LogP contribution in [0.3, 0.4) is 0 Å². The molecule has 1 saturated heterocycles. The zero-order valence-electron chi connectivity index (χ0n) is 20.8. The van der Waals surface area contributed by atoms with Crippen LogP contribution in [0.4, 0.5) is 5.69 Å². The predicted molar refractivity (Wildman–Crippen MR) is 149 cm³/mol.